The molecule has 1 aliphatic carbocycles. The lowest BCUT2D eigenvalue weighted by Crippen LogP contribution is -2.05. The zero-order valence-electron chi connectivity index (χ0n) is 14.5. The molecule has 0 atom stereocenters. The first-order chi connectivity index (χ1) is 12.1. The van der Waals surface area contributed by atoms with Crippen molar-refractivity contribution in [3.05, 3.63) is 101 Å². The number of benzene rings is 3. The molecule has 0 unspecified atom stereocenters. The van der Waals surface area contributed by atoms with Crippen LogP contribution in [0.5, 0.6) is 0 Å². The van der Waals surface area contributed by atoms with Crippen LogP contribution in [0.2, 0.25) is 0 Å². The van der Waals surface area contributed by atoms with Crippen molar-refractivity contribution in [1.82, 2.24) is 0 Å². The summed E-state index contributed by atoms with van der Waals surface area (Å²) in [6, 6.07) is 22.0. The normalized spacial score (nSPS) is 14.1. The van der Waals surface area contributed by atoms with Gasteiger partial charge in [0.2, 0.25) is 0 Å². The van der Waals surface area contributed by atoms with Crippen molar-refractivity contribution in [3.8, 4) is 0 Å². The molecule has 0 N–H and O–H groups in total. The van der Waals surface area contributed by atoms with Crippen LogP contribution >= 0.6 is 0 Å². The lowest BCUT2D eigenvalue weighted by atomic mass is 9.91. The lowest BCUT2D eigenvalue weighted by Gasteiger charge is -2.12. The number of carbonyl (C=O) groups excluding carboxylic acids is 1. The highest BCUT2D eigenvalue weighted by Gasteiger charge is 2.20. The van der Waals surface area contributed by atoms with Gasteiger partial charge in [-0.25, -0.2) is 0 Å². The molecule has 0 aromatic heterocycles. The van der Waals surface area contributed by atoms with Crippen molar-refractivity contribution in [2.75, 3.05) is 0 Å². The molecule has 1 heteroatoms. The van der Waals surface area contributed by atoms with Crippen LogP contribution in [0.25, 0.3) is 16.3 Å². The van der Waals surface area contributed by atoms with E-state index in [-0.39, 0.29) is 5.78 Å². The summed E-state index contributed by atoms with van der Waals surface area (Å²) in [6.07, 6.45) is 3.14. The van der Waals surface area contributed by atoms with Crippen LogP contribution in [0.15, 0.2) is 84.0 Å². The summed E-state index contributed by atoms with van der Waals surface area (Å²) < 4.78 is 0. The molecule has 4 rings (SSSR count). The average Bonchev–Trinajstić information content (AvgIpc) is 2.99. The fraction of sp³-hybridized carbons (Fsp3) is 0.125. The average molecular weight is 324 g/mol. The van der Waals surface area contributed by atoms with E-state index in [1.165, 1.54) is 16.7 Å². The van der Waals surface area contributed by atoms with Gasteiger partial charge in [0.25, 0.3) is 0 Å². The van der Waals surface area contributed by atoms with Crippen molar-refractivity contribution in [2.45, 2.75) is 20.3 Å². The number of hydrogen-bond donors (Lipinski definition) is 0. The molecule has 0 heterocycles. The molecule has 1 aliphatic rings. The van der Waals surface area contributed by atoms with Crippen LogP contribution in [0.3, 0.4) is 0 Å². The summed E-state index contributed by atoms with van der Waals surface area (Å²) >= 11 is 0. The maximum atomic E-state index is 13.4. The van der Waals surface area contributed by atoms with Gasteiger partial charge < -0.3 is 0 Å². The summed E-state index contributed by atoms with van der Waals surface area (Å²) in [5, 5.41) is 2.11. The molecule has 122 valence electrons. The van der Waals surface area contributed by atoms with Crippen molar-refractivity contribution in [2.24, 2.45) is 0 Å². The fourth-order valence-corrected chi connectivity index (χ4v) is 3.56. The highest BCUT2D eigenvalue weighted by atomic mass is 16.1. The topological polar surface area (TPSA) is 17.1 Å². The van der Waals surface area contributed by atoms with E-state index in [0.717, 1.165) is 33.9 Å². The molecule has 0 saturated carbocycles. The Kier molecular flexibility index (Phi) is 3.85. The van der Waals surface area contributed by atoms with E-state index in [4.69, 9.17) is 0 Å². The monoisotopic (exact) mass is 324 g/mol. The SMILES string of the molecule is CC1=C(C)CC(c2ccccc2C(=O)c2cccc3ccccc23)=C1. The number of carbonyl (C=O) groups is 1. The predicted octanol–water partition coefficient (Wildman–Crippen LogP) is 6.19. The molecule has 0 radical (unpaired) electrons. The van der Waals surface area contributed by atoms with Gasteiger partial charge in [0.1, 0.15) is 0 Å². The second-order valence-corrected chi connectivity index (χ2v) is 6.71. The standard InChI is InChI=1S/C24H20O/c1-16-14-19(15-17(16)2)21-11-5-6-12-22(21)24(25)23-13-7-9-18-8-3-4-10-20(18)23/h3-14H,15H2,1-2H3. The maximum absolute atomic E-state index is 13.4. The Morgan fingerprint density at radius 1 is 0.800 bits per heavy atom. The van der Waals surface area contributed by atoms with Crippen molar-refractivity contribution < 1.29 is 4.79 Å². The van der Waals surface area contributed by atoms with Gasteiger partial charge in [-0.15, -0.1) is 0 Å². The highest BCUT2D eigenvalue weighted by molar-refractivity contribution is 6.18. The molecule has 0 bridgehead atoms. The lowest BCUT2D eigenvalue weighted by molar-refractivity contribution is 0.104. The van der Waals surface area contributed by atoms with E-state index < -0.39 is 0 Å². The Balaban J connectivity index is 1.83. The number of rotatable bonds is 3. The summed E-state index contributed by atoms with van der Waals surface area (Å²) in [5.41, 5.74) is 6.53. The fourth-order valence-electron chi connectivity index (χ4n) is 3.56. The predicted molar refractivity (Wildman–Crippen MR) is 105 cm³/mol. The number of hydrogen-bond acceptors (Lipinski definition) is 1. The molecule has 25 heavy (non-hydrogen) atoms. The molecule has 0 fully saturated rings. The van der Waals surface area contributed by atoms with Gasteiger partial charge in [-0.2, -0.15) is 0 Å². The minimum Gasteiger partial charge on any atom is -0.289 e. The van der Waals surface area contributed by atoms with E-state index in [0.29, 0.717) is 0 Å². The van der Waals surface area contributed by atoms with E-state index >= 15 is 0 Å². The third-order valence-corrected chi connectivity index (χ3v) is 5.07. The zero-order valence-corrected chi connectivity index (χ0v) is 14.5. The van der Waals surface area contributed by atoms with Gasteiger partial charge >= 0.3 is 0 Å². The summed E-state index contributed by atoms with van der Waals surface area (Å²) in [6.45, 7) is 4.30. The Labute approximate surface area is 148 Å². The van der Waals surface area contributed by atoms with Crippen molar-refractivity contribution >= 4 is 22.1 Å². The molecular formula is C24H20O. The van der Waals surface area contributed by atoms with Crippen LogP contribution in [0.1, 0.15) is 41.8 Å². The minimum absolute atomic E-state index is 0.0931. The second kappa shape index (κ2) is 6.18. The molecule has 0 amide bonds. The first kappa shape index (κ1) is 15.6. The van der Waals surface area contributed by atoms with Crippen LogP contribution in [0.4, 0.5) is 0 Å². The Bertz CT molecular complexity index is 1050. The van der Waals surface area contributed by atoms with Crippen LogP contribution in [-0.2, 0) is 0 Å². The Hall–Kier alpha value is -2.93. The van der Waals surface area contributed by atoms with Crippen molar-refractivity contribution in [1.29, 1.82) is 0 Å². The molecule has 0 spiro atoms. The quantitative estimate of drug-likeness (QED) is 0.525. The molecular weight excluding hydrogens is 304 g/mol. The van der Waals surface area contributed by atoms with Gasteiger partial charge in [-0.05, 0) is 42.2 Å². The number of fused-ring (bicyclic) bond motifs is 1. The maximum Gasteiger partial charge on any atom is 0.194 e. The summed E-state index contributed by atoms with van der Waals surface area (Å²) in [7, 11) is 0. The third-order valence-electron chi connectivity index (χ3n) is 5.07. The Morgan fingerprint density at radius 2 is 1.48 bits per heavy atom. The third kappa shape index (κ3) is 2.72. The number of ketones is 1. The summed E-state index contributed by atoms with van der Waals surface area (Å²) in [5.74, 6) is 0.0931. The van der Waals surface area contributed by atoms with Crippen LogP contribution in [0, 0.1) is 0 Å². The first-order valence-electron chi connectivity index (χ1n) is 8.64. The van der Waals surface area contributed by atoms with E-state index in [1.54, 1.807) is 0 Å². The largest absolute Gasteiger partial charge is 0.289 e. The minimum atomic E-state index is 0.0931. The van der Waals surface area contributed by atoms with Gasteiger partial charge in [0.15, 0.2) is 5.78 Å². The van der Waals surface area contributed by atoms with Crippen molar-refractivity contribution in [3.63, 3.8) is 0 Å². The van der Waals surface area contributed by atoms with E-state index in [9.17, 15) is 4.79 Å². The highest BCUT2D eigenvalue weighted by Crippen LogP contribution is 2.34. The van der Waals surface area contributed by atoms with Gasteiger partial charge in [0, 0.05) is 11.1 Å². The van der Waals surface area contributed by atoms with E-state index in [2.05, 4.69) is 26.0 Å². The summed E-state index contributed by atoms with van der Waals surface area (Å²) in [4.78, 5) is 13.4. The molecule has 3 aromatic carbocycles. The Morgan fingerprint density at radius 3 is 2.28 bits per heavy atom. The molecule has 1 nitrogen and oxygen atoms in total. The smallest absolute Gasteiger partial charge is 0.194 e. The van der Waals surface area contributed by atoms with Gasteiger partial charge in [0.05, 0.1) is 0 Å². The second-order valence-electron chi connectivity index (χ2n) is 6.71. The van der Waals surface area contributed by atoms with Gasteiger partial charge in [-0.1, -0.05) is 84.0 Å². The van der Waals surface area contributed by atoms with Crippen LogP contribution in [-0.4, -0.2) is 5.78 Å². The zero-order chi connectivity index (χ0) is 17.4. The molecule has 3 aromatic rings. The van der Waals surface area contributed by atoms with Gasteiger partial charge in [-0.3, -0.25) is 4.79 Å². The van der Waals surface area contributed by atoms with Crippen LogP contribution < -0.4 is 0 Å². The number of allylic oxidation sites excluding steroid dienone is 4. The molecule has 0 saturated heterocycles. The molecule has 0 aliphatic heterocycles. The first-order valence-corrected chi connectivity index (χ1v) is 8.64. The van der Waals surface area contributed by atoms with E-state index in [1.807, 2.05) is 60.7 Å².